The van der Waals surface area contributed by atoms with Crippen LogP contribution in [0.3, 0.4) is 0 Å². The van der Waals surface area contributed by atoms with Crippen molar-refractivity contribution < 1.29 is 43.1 Å². The zero-order chi connectivity index (χ0) is 35.3. The van der Waals surface area contributed by atoms with E-state index < -0.39 is 0 Å². The average Bonchev–Trinajstić information content (AvgIpc) is 3.90. The van der Waals surface area contributed by atoms with Crippen LogP contribution in [0.15, 0.2) is 155 Å². The second kappa shape index (κ2) is 18.7. The summed E-state index contributed by atoms with van der Waals surface area (Å²) in [6, 6.07) is 43.2. The van der Waals surface area contributed by atoms with Crippen LogP contribution in [-0.4, -0.2) is 35.6 Å². The SMILES string of the molecule is CN(c1ccccc1)c1nc[n+](Cc2ccc(SCCSc3ccc(C[n+]4cnc(N(C)c5ccccc5)c5sccc54)cc3)cc2)c2ccsc12.[Br-].[Br-]. The van der Waals surface area contributed by atoms with Crippen molar-refractivity contribution in [3.8, 4) is 0 Å². The Morgan fingerprint density at radius 3 is 1.30 bits per heavy atom. The molecular formula is C42H38Br2N6S4. The Kier molecular flexibility index (Phi) is 13.8. The molecule has 0 spiro atoms. The number of halogens is 2. The molecule has 6 nitrogen and oxygen atoms in total. The van der Waals surface area contributed by atoms with Crippen LogP contribution in [0, 0.1) is 0 Å². The van der Waals surface area contributed by atoms with E-state index in [2.05, 4.69) is 153 Å². The van der Waals surface area contributed by atoms with Gasteiger partial charge in [-0.2, -0.15) is 0 Å². The third-order valence-electron chi connectivity index (χ3n) is 9.05. The summed E-state index contributed by atoms with van der Waals surface area (Å²) < 4.78 is 6.89. The summed E-state index contributed by atoms with van der Waals surface area (Å²) >= 11 is 7.31. The van der Waals surface area contributed by atoms with Crippen molar-refractivity contribution in [2.45, 2.75) is 22.9 Å². The van der Waals surface area contributed by atoms with E-state index >= 15 is 0 Å². The Bertz CT molecular complexity index is 2240. The summed E-state index contributed by atoms with van der Waals surface area (Å²) in [5, 5.41) is 4.31. The smallest absolute Gasteiger partial charge is 0.289 e. The number of rotatable bonds is 13. The first-order chi connectivity index (χ1) is 25.6. The van der Waals surface area contributed by atoms with Crippen LogP contribution in [0.5, 0.6) is 0 Å². The lowest BCUT2D eigenvalue weighted by molar-refractivity contribution is -0.665. The highest BCUT2D eigenvalue weighted by Gasteiger charge is 2.22. The van der Waals surface area contributed by atoms with Gasteiger partial charge in [0.25, 0.3) is 24.3 Å². The van der Waals surface area contributed by atoms with Crippen molar-refractivity contribution in [2.75, 3.05) is 35.4 Å². The number of thioether (sulfide) groups is 2. The number of para-hydroxylation sites is 2. The van der Waals surface area contributed by atoms with Gasteiger partial charge in [-0.15, -0.1) is 46.2 Å². The van der Waals surface area contributed by atoms with Crippen molar-refractivity contribution in [1.29, 1.82) is 0 Å². The van der Waals surface area contributed by atoms with E-state index in [1.807, 2.05) is 48.3 Å². The van der Waals surface area contributed by atoms with Gasteiger partial charge in [0.05, 0.1) is 0 Å². The largest absolute Gasteiger partial charge is 1.00 e. The second-order valence-corrected chi connectivity index (χ2v) is 16.6. The molecular weight excluding hydrogens is 877 g/mol. The Balaban J connectivity index is 0.00000249. The minimum Gasteiger partial charge on any atom is -1.00 e. The molecule has 54 heavy (non-hydrogen) atoms. The van der Waals surface area contributed by atoms with Gasteiger partial charge in [-0.05, 0) is 92.5 Å². The van der Waals surface area contributed by atoms with E-state index in [-0.39, 0.29) is 34.0 Å². The minimum absolute atomic E-state index is 0. The summed E-state index contributed by atoms with van der Waals surface area (Å²) in [6.07, 6.45) is 3.94. The first kappa shape index (κ1) is 39.9. The van der Waals surface area contributed by atoms with Crippen molar-refractivity contribution in [3.05, 3.63) is 156 Å². The third-order valence-corrected chi connectivity index (χ3v) is 13.1. The van der Waals surface area contributed by atoms with E-state index in [0.29, 0.717) is 0 Å². The maximum atomic E-state index is 4.88. The molecule has 0 atom stereocenters. The zero-order valence-corrected chi connectivity index (χ0v) is 36.2. The van der Waals surface area contributed by atoms with Crippen LogP contribution in [-0.2, 0) is 13.1 Å². The lowest BCUT2D eigenvalue weighted by Crippen LogP contribution is -3.00. The van der Waals surface area contributed by atoms with E-state index in [0.717, 1.165) is 47.6 Å². The molecule has 0 unspecified atom stereocenters. The Labute approximate surface area is 354 Å². The normalized spacial score (nSPS) is 10.9. The van der Waals surface area contributed by atoms with Crippen LogP contribution in [0.4, 0.5) is 23.0 Å². The molecule has 12 heteroatoms. The van der Waals surface area contributed by atoms with Crippen LogP contribution >= 0.6 is 46.2 Å². The predicted molar refractivity (Wildman–Crippen MR) is 221 cm³/mol. The number of aromatic nitrogens is 4. The molecule has 274 valence electrons. The molecule has 8 aromatic rings. The van der Waals surface area contributed by atoms with Crippen molar-refractivity contribution in [3.63, 3.8) is 0 Å². The molecule has 4 aromatic heterocycles. The summed E-state index contributed by atoms with van der Waals surface area (Å²) in [7, 11) is 4.16. The van der Waals surface area contributed by atoms with E-state index in [4.69, 9.17) is 9.97 Å². The summed E-state index contributed by atoms with van der Waals surface area (Å²) in [4.78, 5) is 16.7. The Hall–Kier alpha value is -3.78. The molecule has 0 amide bonds. The molecule has 0 fully saturated rings. The van der Waals surface area contributed by atoms with Gasteiger partial charge in [0.15, 0.2) is 11.0 Å². The topological polar surface area (TPSA) is 40.0 Å². The summed E-state index contributed by atoms with van der Waals surface area (Å²) in [5.74, 6) is 4.08. The lowest BCUT2D eigenvalue weighted by Gasteiger charge is -2.15. The van der Waals surface area contributed by atoms with E-state index in [1.165, 1.54) is 41.4 Å². The third kappa shape index (κ3) is 9.01. The zero-order valence-electron chi connectivity index (χ0n) is 29.8. The number of nitrogens with zero attached hydrogens (tertiary/aromatic N) is 6. The van der Waals surface area contributed by atoms with Crippen molar-refractivity contribution in [1.82, 2.24) is 9.97 Å². The van der Waals surface area contributed by atoms with E-state index in [1.54, 1.807) is 22.7 Å². The lowest BCUT2D eigenvalue weighted by atomic mass is 10.2. The number of fused-ring (bicyclic) bond motifs is 2. The van der Waals surface area contributed by atoms with Gasteiger partial charge in [0.2, 0.25) is 0 Å². The van der Waals surface area contributed by atoms with Crippen molar-refractivity contribution in [2.24, 2.45) is 0 Å². The molecule has 0 N–H and O–H groups in total. The molecule has 0 bridgehead atoms. The monoisotopic (exact) mass is 912 g/mol. The van der Waals surface area contributed by atoms with Gasteiger partial charge >= 0.3 is 0 Å². The summed E-state index contributed by atoms with van der Waals surface area (Å²) in [6.45, 7) is 1.58. The molecule has 0 saturated carbocycles. The van der Waals surface area contributed by atoms with Crippen LogP contribution < -0.4 is 52.9 Å². The van der Waals surface area contributed by atoms with Crippen LogP contribution in [0.1, 0.15) is 11.1 Å². The molecule has 0 aliphatic heterocycles. The highest BCUT2D eigenvalue weighted by atomic mass is 79.9. The van der Waals surface area contributed by atoms with Crippen molar-refractivity contribution >= 4 is 89.6 Å². The highest BCUT2D eigenvalue weighted by molar-refractivity contribution is 8.03. The number of benzene rings is 4. The van der Waals surface area contributed by atoms with Gasteiger partial charge in [-0.1, -0.05) is 60.7 Å². The molecule has 0 aliphatic rings. The van der Waals surface area contributed by atoms with Gasteiger partial charge in [0.1, 0.15) is 22.5 Å². The quantitative estimate of drug-likeness (QED) is 0.0992. The minimum atomic E-state index is 0. The number of hydrogen-bond acceptors (Lipinski definition) is 8. The van der Waals surface area contributed by atoms with Crippen LogP contribution in [0.25, 0.3) is 20.4 Å². The molecule has 8 rings (SSSR count). The molecule has 0 radical (unpaired) electrons. The molecule has 4 heterocycles. The van der Waals surface area contributed by atoms with Gasteiger partial charge in [-0.25, -0.2) is 9.13 Å². The first-order valence-electron chi connectivity index (χ1n) is 17.1. The fourth-order valence-electron chi connectivity index (χ4n) is 6.25. The van der Waals surface area contributed by atoms with Gasteiger partial charge < -0.3 is 43.8 Å². The van der Waals surface area contributed by atoms with Gasteiger partial charge in [-0.3, -0.25) is 0 Å². The molecule has 0 saturated heterocycles. The average molecular weight is 915 g/mol. The number of thiophene rings is 2. The Morgan fingerprint density at radius 2 is 0.907 bits per heavy atom. The predicted octanol–water partition coefficient (Wildman–Crippen LogP) is 4.01. The first-order valence-corrected chi connectivity index (χ1v) is 20.9. The number of hydrogen-bond donors (Lipinski definition) is 0. The fraction of sp³-hybridized carbons (Fsp3) is 0.143. The maximum absolute atomic E-state index is 4.88. The number of anilines is 4. The molecule has 4 aromatic carbocycles. The fourth-order valence-corrected chi connectivity index (χ4v) is 9.92. The Morgan fingerprint density at radius 1 is 0.519 bits per heavy atom. The second-order valence-electron chi connectivity index (χ2n) is 12.4. The van der Waals surface area contributed by atoms with Crippen LogP contribution in [0.2, 0.25) is 0 Å². The molecule has 0 aliphatic carbocycles. The standard InChI is InChI=1S/C42H38N6S4.2BrH/c1-45(33-9-5-3-6-10-33)41-39-37(21-23-51-39)47(29-43-41)27-31-13-17-35(18-14-31)49-25-26-50-36-19-15-32(16-20-36)28-48-30-44-42(40-38(48)22-24-52-40)46(2)34-11-7-4-8-12-34;;/h3-24,29-30H,25-28H2,1-2H3;2*1H/q+2;;/p-2. The van der Waals surface area contributed by atoms with Gasteiger partial charge in [0, 0.05) is 46.8 Å². The maximum Gasteiger partial charge on any atom is 0.289 e. The highest BCUT2D eigenvalue weighted by Crippen LogP contribution is 2.33. The van der Waals surface area contributed by atoms with E-state index in [9.17, 15) is 0 Å². The summed E-state index contributed by atoms with van der Waals surface area (Å²) in [5.41, 5.74) is 7.21.